The van der Waals surface area contributed by atoms with E-state index in [4.69, 9.17) is 19.3 Å². The molecular weight excluding hydrogens is 748 g/mol. The quantitative estimate of drug-likeness (QED) is 0.0270. The molecule has 0 fully saturated rings. The van der Waals surface area contributed by atoms with Crippen LogP contribution in [-0.4, -0.2) is 41.0 Å². The SMILES string of the molecule is CCCCCCCC/C=C/C/C=C/C/C=C/CCCC(=O)O[C@H](COC(=O)CCC/C=C/CC/C=C/CCCCCCCCCCCCCCCC)COP(=O)(O)O. The van der Waals surface area contributed by atoms with Gasteiger partial charge in [0.2, 0.25) is 0 Å². The second-order valence-electron chi connectivity index (χ2n) is 15.7. The predicted molar refractivity (Wildman–Crippen MR) is 244 cm³/mol. The highest BCUT2D eigenvalue weighted by Gasteiger charge is 2.22. The first-order chi connectivity index (χ1) is 28.3. The Morgan fingerprint density at radius 1 is 0.448 bits per heavy atom. The molecule has 0 aliphatic rings. The molecule has 0 radical (unpaired) electrons. The Labute approximate surface area is 356 Å². The lowest BCUT2D eigenvalue weighted by Gasteiger charge is -2.18. The van der Waals surface area contributed by atoms with Gasteiger partial charge in [0.05, 0.1) is 6.61 Å². The molecule has 0 heterocycles. The minimum Gasteiger partial charge on any atom is -0.462 e. The van der Waals surface area contributed by atoms with Gasteiger partial charge in [-0.15, -0.1) is 0 Å². The number of phosphoric acid groups is 1. The van der Waals surface area contributed by atoms with Crippen molar-refractivity contribution in [2.75, 3.05) is 13.2 Å². The maximum Gasteiger partial charge on any atom is 0.469 e. The van der Waals surface area contributed by atoms with Crippen LogP contribution in [0.25, 0.3) is 0 Å². The summed E-state index contributed by atoms with van der Waals surface area (Å²) in [5.74, 6) is -0.994. The lowest BCUT2D eigenvalue weighted by Crippen LogP contribution is -2.29. The smallest absolute Gasteiger partial charge is 0.462 e. The molecular formula is C49H87O8P. The van der Waals surface area contributed by atoms with Crippen molar-refractivity contribution in [2.45, 2.75) is 225 Å². The Balaban J connectivity index is 3.97. The molecule has 0 saturated carbocycles. The molecule has 0 aliphatic carbocycles. The molecule has 0 unspecified atom stereocenters. The van der Waals surface area contributed by atoms with Gasteiger partial charge in [0, 0.05) is 12.8 Å². The van der Waals surface area contributed by atoms with Crippen molar-refractivity contribution in [2.24, 2.45) is 0 Å². The van der Waals surface area contributed by atoms with Crippen LogP contribution in [0.15, 0.2) is 60.8 Å². The fourth-order valence-corrected chi connectivity index (χ4v) is 6.83. The highest BCUT2D eigenvalue weighted by Crippen LogP contribution is 2.36. The highest BCUT2D eigenvalue weighted by molar-refractivity contribution is 7.46. The molecule has 9 heteroatoms. The number of hydrogen-bond donors (Lipinski definition) is 2. The highest BCUT2D eigenvalue weighted by atomic mass is 31.2. The third-order valence-electron chi connectivity index (χ3n) is 9.99. The minimum absolute atomic E-state index is 0.131. The first-order valence-electron chi connectivity index (χ1n) is 23.6. The van der Waals surface area contributed by atoms with Crippen molar-refractivity contribution in [1.82, 2.24) is 0 Å². The lowest BCUT2D eigenvalue weighted by molar-refractivity contribution is -0.161. The molecule has 0 aliphatic heterocycles. The van der Waals surface area contributed by atoms with Crippen molar-refractivity contribution >= 4 is 19.8 Å². The van der Waals surface area contributed by atoms with E-state index >= 15 is 0 Å². The monoisotopic (exact) mass is 835 g/mol. The number of carbonyl (C=O) groups excluding carboxylic acids is 2. The van der Waals surface area contributed by atoms with Gasteiger partial charge in [-0.3, -0.25) is 14.1 Å². The Morgan fingerprint density at radius 2 is 0.793 bits per heavy atom. The van der Waals surface area contributed by atoms with Crippen LogP contribution >= 0.6 is 7.82 Å². The minimum atomic E-state index is -4.78. The number of esters is 2. The van der Waals surface area contributed by atoms with Crippen molar-refractivity contribution in [3.05, 3.63) is 60.8 Å². The van der Waals surface area contributed by atoms with Gasteiger partial charge in [-0.1, -0.05) is 190 Å². The lowest BCUT2D eigenvalue weighted by atomic mass is 10.0. The van der Waals surface area contributed by atoms with Gasteiger partial charge in [0.15, 0.2) is 6.10 Å². The molecule has 0 spiro atoms. The van der Waals surface area contributed by atoms with E-state index in [0.717, 1.165) is 44.9 Å². The van der Waals surface area contributed by atoms with E-state index in [0.29, 0.717) is 19.3 Å². The maximum atomic E-state index is 12.4. The van der Waals surface area contributed by atoms with Crippen LogP contribution in [-0.2, 0) is 28.2 Å². The van der Waals surface area contributed by atoms with Gasteiger partial charge in [-0.05, 0) is 77.0 Å². The molecule has 0 bridgehead atoms. The van der Waals surface area contributed by atoms with Crippen LogP contribution in [0.1, 0.15) is 219 Å². The average Bonchev–Trinajstić information content (AvgIpc) is 3.20. The number of ether oxygens (including phenoxy) is 2. The van der Waals surface area contributed by atoms with Crippen molar-refractivity contribution < 1.29 is 37.9 Å². The summed E-state index contributed by atoms with van der Waals surface area (Å²) in [6, 6.07) is 0. The number of unbranched alkanes of at least 4 members (excludes halogenated alkanes) is 23. The third kappa shape index (κ3) is 46.4. The van der Waals surface area contributed by atoms with Crippen LogP contribution < -0.4 is 0 Å². The number of phosphoric ester groups is 1. The molecule has 336 valence electrons. The second kappa shape index (κ2) is 44.3. The van der Waals surface area contributed by atoms with E-state index in [1.165, 1.54) is 128 Å². The topological polar surface area (TPSA) is 119 Å². The summed E-state index contributed by atoms with van der Waals surface area (Å²) < 4.78 is 26.4. The number of carbonyl (C=O) groups is 2. The predicted octanol–water partition coefficient (Wildman–Crippen LogP) is 14.9. The Kier molecular flexibility index (Phi) is 42.6. The van der Waals surface area contributed by atoms with Crippen LogP contribution in [0.4, 0.5) is 0 Å². The summed E-state index contributed by atoms with van der Waals surface area (Å²) in [6.07, 6.45) is 56.9. The Hall–Kier alpha value is -2.25. The zero-order valence-corrected chi connectivity index (χ0v) is 38.1. The van der Waals surface area contributed by atoms with Gasteiger partial charge in [0.1, 0.15) is 6.61 Å². The standard InChI is InChI=1S/C49H87O8P/c1-3-5-7-9-11-13-15-17-19-21-22-23-24-25-26-28-29-31-33-35-37-39-41-43-48(50)55-45-47(46-56-58(52,53)54)57-49(51)44-42-40-38-36-34-32-30-27-20-18-16-14-12-10-8-6-4-2/h18,20,28-30,32,35-38,47H,3-17,19,21-27,31,33-34,39-46H2,1-2H3,(H2,52,53,54)/b20-18+,29-28+,32-30+,37-35+,38-36+/t47-/m1/s1. The number of hydrogen-bond acceptors (Lipinski definition) is 6. The largest absolute Gasteiger partial charge is 0.469 e. The molecule has 8 nitrogen and oxygen atoms in total. The van der Waals surface area contributed by atoms with Crippen LogP contribution in [0.5, 0.6) is 0 Å². The van der Waals surface area contributed by atoms with Gasteiger partial charge in [-0.2, -0.15) is 0 Å². The van der Waals surface area contributed by atoms with E-state index in [1.807, 2.05) is 6.08 Å². The van der Waals surface area contributed by atoms with E-state index in [1.54, 1.807) is 0 Å². The van der Waals surface area contributed by atoms with E-state index < -0.39 is 32.5 Å². The molecule has 0 aromatic heterocycles. The fourth-order valence-electron chi connectivity index (χ4n) is 6.47. The summed E-state index contributed by atoms with van der Waals surface area (Å²) in [5, 5.41) is 0. The molecule has 0 aromatic rings. The van der Waals surface area contributed by atoms with Crippen molar-refractivity contribution in [1.29, 1.82) is 0 Å². The Morgan fingerprint density at radius 3 is 1.22 bits per heavy atom. The Bertz CT molecular complexity index is 1120. The maximum absolute atomic E-state index is 12.4. The zero-order chi connectivity index (χ0) is 42.5. The summed E-state index contributed by atoms with van der Waals surface area (Å²) >= 11 is 0. The second-order valence-corrected chi connectivity index (χ2v) is 17.0. The first kappa shape index (κ1) is 55.8. The van der Waals surface area contributed by atoms with E-state index in [2.05, 4.69) is 73.1 Å². The number of rotatable bonds is 43. The molecule has 0 aromatic carbocycles. The summed E-state index contributed by atoms with van der Waals surface area (Å²) in [7, 11) is -4.78. The van der Waals surface area contributed by atoms with Gasteiger partial charge in [-0.25, -0.2) is 4.57 Å². The van der Waals surface area contributed by atoms with Crippen molar-refractivity contribution in [3.63, 3.8) is 0 Å². The van der Waals surface area contributed by atoms with Gasteiger partial charge < -0.3 is 19.3 Å². The van der Waals surface area contributed by atoms with Crippen LogP contribution in [0.2, 0.25) is 0 Å². The van der Waals surface area contributed by atoms with Gasteiger partial charge in [0.25, 0.3) is 0 Å². The summed E-state index contributed by atoms with van der Waals surface area (Å²) in [6.45, 7) is 3.62. The number of allylic oxidation sites excluding steroid dienone is 10. The molecule has 0 amide bonds. The molecule has 0 saturated heterocycles. The molecule has 2 N–H and O–H groups in total. The van der Waals surface area contributed by atoms with E-state index in [9.17, 15) is 14.2 Å². The molecule has 1 atom stereocenters. The van der Waals surface area contributed by atoms with Crippen molar-refractivity contribution in [3.8, 4) is 0 Å². The van der Waals surface area contributed by atoms with Crippen LogP contribution in [0.3, 0.4) is 0 Å². The first-order valence-corrected chi connectivity index (χ1v) is 25.1. The summed E-state index contributed by atoms with van der Waals surface area (Å²) in [4.78, 5) is 42.9. The fraction of sp³-hybridized carbons (Fsp3) is 0.755. The van der Waals surface area contributed by atoms with Crippen LogP contribution in [0, 0.1) is 0 Å². The summed E-state index contributed by atoms with van der Waals surface area (Å²) in [5.41, 5.74) is 0. The average molecular weight is 835 g/mol. The normalized spacial score (nSPS) is 13.0. The molecule has 58 heavy (non-hydrogen) atoms. The zero-order valence-electron chi connectivity index (χ0n) is 37.2. The molecule has 0 rings (SSSR count). The van der Waals surface area contributed by atoms with E-state index in [-0.39, 0.29) is 19.4 Å². The van der Waals surface area contributed by atoms with Gasteiger partial charge >= 0.3 is 19.8 Å². The third-order valence-corrected chi connectivity index (χ3v) is 10.5.